The molecule has 1 aromatic heterocycles. The van der Waals surface area contributed by atoms with Gasteiger partial charge in [-0.3, -0.25) is 14.9 Å². The van der Waals surface area contributed by atoms with Crippen LogP contribution in [0.4, 0.5) is 24.5 Å². The van der Waals surface area contributed by atoms with E-state index in [0.29, 0.717) is 15.6 Å². The van der Waals surface area contributed by atoms with Gasteiger partial charge < -0.3 is 10.6 Å². The number of thiophene rings is 1. The van der Waals surface area contributed by atoms with Crippen molar-refractivity contribution in [3.8, 4) is 0 Å². The Labute approximate surface area is 211 Å². The van der Waals surface area contributed by atoms with Crippen LogP contribution in [0.5, 0.6) is 0 Å². The molecule has 1 heterocycles. The maximum absolute atomic E-state index is 12.9. The van der Waals surface area contributed by atoms with Crippen LogP contribution in [0.15, 0.2) is 72.8 Å². The van der Waals surface area contributed by atoms with Crippen LogP contribution in [-0.4, -0.2) is 16.9 Å². The molecule has 178 valence electrons. The van der Waals surface area contributed by atoms with Crippen LogP contribution >= 0.6 is 35.2 Å². The highest BCUT2D eigenvalue weighted by Crippen LogP contribution is 2.35. The minimum absolute atomic E-state index is 0.0239. The van der Waals surface area contributed by atoms with E-state index in [1.54, 1.807) is 12.1 Å². The molecule has 2 amide bonds. The Morgan fingerprint density at radius 3 is 2.26 bits per heavy atom. The van der Waals surface area contributed by atoms with E-state index in [9.17, 15) is 22.8 Å². The summed E-state index contributed by atoms with van der Waals surface area (Å²) >= 11 is 12.8. The maximum atomic E-state index is 12.9. The summed E-state index contributed by atoms with van der Waals surface area (Å²) in [5.74, 6) is -1.03. The predicted molar refractivity (Wildman–Crippen MR) is 136 cm³/mol. The summed E-state index contributed by atoms with van der Waals surface area (Å²) in [6.45, 7) is 0. The van der Waals surface area contributed by atoms with Crippen LogP contribution in [0.2, 0.25) is 5.02 Å². The predicted octanol–water partition coefficient (Wildman–Crippen LogP) is 6.95. The summed E-state index contributed by atoms with van der Waals surface area (Å²) in [5, 5.41) is 9.01. The van der Waals surface area contributed by atoms with Gasteiger partial charge in [-0.05, 0) is 60.7 Å². The van der Waals surface area contributed by atoms with Crippen molar-refractivity contribution in [2.75, 3.05) is 10.6 Å². The first-order valence-electron chi connectivity index (χ1n) is 10.00. The number of carbonyl (C=O) groups is 2. The lowest BCUT2D eigenvalue weighted by atomic mass is 10.1. The summed E-state index contributed by atoms with van der Waals surface area (Å²) in [6, 6.07) is 17.8. The highest BCUT2D eigenvalue weighted by atomic mass is 35.5. The molecule has 5 nitrogen and oxygen atoms in total. The second kappa shape index (κ2) is 10.0. The van der Waals surface area contributed by atoms with E-state index in [2.05, 4.69) is 16.0 Å². The molecule has 0 aliphatic rings. The van der Waals surface area contributed by atoms with Gasteiger partial charge in [0.15, 0.2) is 5.11 Å². The van der Waals surface area contributed by atoms with E-state index in [1.807, 2.05) is 24.3 Å². The maximum Gasteiger partial charge on any atom is 0.416 e. The summed E-state index contributed by atoms with van der Waals surface area (Å²) < 4.78 is 39.5. The van der Waals surface area contributed by atoms with Gasteiger partial charge in [-0.15, -0.1) is 11.3 Å². The van der Waals surface area contributed by atoms with E-state index < -0.39 is 23.6 Å². The van der Waals surface area contributed by atoms with E-state index in [-0.39, 0.29) is 16.4 Å². The number of alkyl halides is 3. The van der Waals surface area contributed by atoms with Crippen LogP contribution < -0.4 is 16.0 Å². The van der Waals surface area contributed by atoms with Crippen molar-refractivity contribution >= 4 is 73.5 Å². The summed E-state index contributed by atoms with van der Waals surface area (Å²) in [6.07, 6.45) is -4.51. The second-order valence-electron chi connectivity index (χ2n) is 7.26. The first-order valence-corrected chi connectivity index (χ1v) is 11.6. The molecule has 4 rings (SSSR count). The number of nitrogens with one attached hydrogen (secondary N) is 3. The topological polar surface area (TPSA) is 70.2 Å². The molecule has 0 saturated heterocycles. The van der Waals surface area contributed by atoms with Gasteiger partial charge >= 0.3 is 6.18 Å². The number of thiocarbonyl (C=S) groups is 1. The normalized spacial score (nSPS) is 11.2. The molecule has 3 N–H and O–H groups in total. The van der Waals surface area contributed by atoms with Crippen molar-refractivity contribution in [2.24, 2.45) is 0 Å². The Bertz CT molecular complexity index is 1440. The Balaban J connectivity index is 1.37. The Morgan fingerprint density at radius 1 is 0.857 bits per heavy atom. The first kappa shape index (κ1) is 24.6. The molecule has 35 heavy (non-hydrogen) atoms. The van der Waals surface area contributed by atoms with Gasteiger partial charge in [0.1, 0.15) is 4.88 Å². The molecular formula is C24H15ClF3N3O2S2. The summed E-state index contributed by atoms with van der Waals surface area (Å²) in [4.78, 5) is 25.3. The SMILES string of the molecule is O=C(Nc1cccc(C(F)(F)F)c1)c1ccc(NC(=S)NC(=O)c2sc3ccccc3c2Cl)cc1. The molecule has 4 aromatic rings. The van der Waals surface area contributed by atoms with E-state index >= 15 is 0 Å². The number of anilines is 2. The Hall–Kier alpha value is -3.47. The molecule has 0 aliphatic heterocycles. The van der Waals surface area contributed by atoms with Gasteiger partial charge in [0, 0.05) is 27.0 Å². The fourth-order valence-electron chi connectivity index (χ4n) is 3.16. The zero-order valence-electron chi connectivity index (χ0n) is 17.6. The average molecular weight is 534 g/mol. The standard InChI is InChI=1S/C24H15ClF3N3O2S2/c25-19-17-6-1-2-7-18(17)35-20(19)22(33)31-23(34)30-15-10-8-13(9-11-15)21(32)29-16-5-3-4-14(12-16)24(26,27)28/h1-12H,(H,29,32)(H2,30,31,33,34). The lowest BCUT2D eigenvalue weighted by Gasteiger charge is -2.11. The molecule has 3 aromatic carbocycles. The summed E-state index contributed by atoms with van der Waals surface area (Å²) in [7, 11) is 0. The third-order valence-corrected chi connectivity index (χ3v) is 6.70. The number of fused-ring (bicyclic) bond motifs is 1. The van der Waals surface area contributed by atoms with E-state index in [0.717, 1.165) is 22.2 Å². The molecule has 0 saturated carbocycles. The first-order chi connectivity index (χ1) is 16.6. The van der Waals surface area contributed by atoms with Crippen molar-refractivity contribution < 1.29 is 22.8 Å². The number of carbonyl (C=O) groups excluding carboxylic acids is 2. The number of hydrogen-bond donors (Lipinski definition) is 3. The van der Waals surface area contributed by atoms with Crippen LogP contribution in [0, 0.1) is 0 Å². The monoisotopic (exact) mass is 533 g/mol. The summed E-state index contributed by atoms with van der Waals surface area (Å²) in [5.41, 5.74) is -0.119. The number of halogens is 4. The zero-order chi connectivity index (χ0) is 25.2. The van der Waals surface area contributed by atoms with Crippen LogP contribution in [0.25, 0.3) is 10.1 Å². The fourth-order valence-corrected chi connectivity index (χ4v) is 4.79. The van der Waals surface area contributed by atoms with Gasteiger partial charge in [0.05, 0.1) is 10.6 Å². The molecule has 0 spiro atoms. The molecule has 0 fully saturated rings. The largest absolute Gasteiger partial charge is 0.416 e. The molecule has 0 radical (unpaired) electrons. The lowest BCUT2D eigenvalue weighted by molar-refractivity contribution is -0.137. The van der Waals surface area contributed by atoms with Crippen LogP contribution in [-0.2, 0) is 6.18 Å². The van der Waals surface area contributed by atoms with Crippen LogP contribution in [0.1, 0.15) is 25.6 Å². The van der Waals surface area contributed by atoms with Gasteiger partial charge in [-0.2, -0.15) is 13.2 Å². The molecule has 0 unspecified atom stereocenters. The van der Waals surface area contributed by atoms with Gasteiger partial charge in [-0.1, -0.05) is 35.9 Å². The number of benzene rings is 3. The van der Waals surface area contributed by atoms with Crippen molar-refractivity contribution in [1.29, 1.82) is 0 Å². The molecule has 0 atom stereocenters. The van der Waals surface area contributed by atoms with Crippen molar-refractivity contribution in [1.82, 2.24) is 5.32 Å². The minimum Gasteiger partial charge on any atom is -0.332 e. The van der Waals surface area contributed by atoms with Crippen LogP contribution in [0.3, 0.4) is 0 Å². The fraction of sp³-hybridized carbons (Fsp3) is 0.0417. The van der Waals surface area contributed by atoms with E-state index in [1.165, 1.54) is 35.6 Å². The zero-order valence-corrected chi connectivity index (χ0v) is 20.0. The highest BCUT2D eigenvalue weighted by Gasteiger charge is 2.30. The average Bonchev–Trinajstić information content (AvgIpc) is 3.16. The Kier molecular flexibility index (Phi) is 7.06. The van der Waals surface area contributed by atoms with Gasteiger partial charge in [-0.25, -0.2) is 0 Å². The van der Waals surface area contributed by atoms with Gasteiger partial charge in [0.2, 0.25) is 0 Å². The number of rotatable bonds is 4. The third kappa shape index (κ3) is 5.79. The highest BCUT2D eigenvalue weighted by molar-refractivity contribution is 7.80. The smallest absolute Gasteiger partial charge is 0.332 e. The second-order valence-corrected chi connectivity index (χ2v) is 9.10. The molecule has 0 aliphatic carbocycles. The molecule has 11 heteroatoms. The quantitative estimate of drug-likeness (QED) is 0.248. The van der Waals surface area contributed by atoms with Gasteiger partial charge in [0.25, 0.3) is 11.8 Å². The van der Waals surface area contributed by atoms with Crippen molar-refractivity contribution in [3.63, 3.8) is 0 Å². The third-order valence-electron chi connectivity index (χ3n) is 4.82. The molecular weight excluding hydrogens is 519 g/mol. The van der Waals surface area contributed by atoms with Crippen molar-refractivity contribution in [3.05, 3.63) is 93.8 Å². The minimum atomic E-state index is -4.51. The van der Waals surface area contributed by atoms with Crippen molar-refractivity contribution in [2.45, 2.75) is 6.18 Å². The number of amides is 2. The lowest BCUT2D eigenvalue weighted by Crippen LogP contribution is -2.33. The van der Waals surface area contributed by atoms with E-state index in [4.69, 9.17) is 23.8 Å². The molecule has 0 bridgehead atoms. The Morgan fingerprint density at radius 2 is 1.57 bits per heavy atom. The number of hydrogen-bond acceptors (Lipinski definition) is 4.